The van der Waals surface area contributed by atoms with Gasteiger partial charge in [0.15, 0.2) is 6.61 Å². The molecule has 1 unspecified atom stereocenters. The third-order valence-corrected chi connectivity index (χ3v) is 9.77. The predicted octanol–water partition coefficient (Wildman–Crippen LogP) is 6.77. The third kappa shape index (κ3) is 5.07. The molecule has 0 fully saturated rings. The lowest BCUT2D eigenvalue weighted by Crippen LogP contribution is -2.28. The number of nitrogens with one attached hydrogen (secondary N) is 1. The van der Waals surface area contributed by atoms with Crippen molar-refractivity contribution in [2.24, 2.45) is 11.3 Å². The van der Waals surface area contributed by atoms with E-state index >= 15 is 0 Å². The maximum Gasteiger partial charge on any atom is 0.339 e. The molecule has 1 N–H and O–H groups in total. The number of carbonyl (C=O) groups is 2. The Balaban J connectivity index is 1.32. The largest absolute Gasteiger partial charge is 0.452 e. The lowest BCUT2D eigenvalue weighted by atomic mass is 9.69. The van der Waals surface area contributed by atoms with Gasteiger partial charge < -0.3 is 10.1 Å². The van der Waals surface area contributed by atoms with Gasteiger partial charge in [-0.2, -0.15) is 5.26 Å². The SMILES string of the molecule is CCC(C)(C)C1CCc2c(sc(NC(=O)COC(=O)c3c4c(nc5ccccc35)CCCCC4)c2C#N)C1. The van der Waals surface area contributed by atoms with Crippen LogP contribution in [0.2, 0.25) is 0 Å². The van der Waals surface area contributed by atoms with Crippen LogP contribution in [-0.4, -0.2) is 23.5 Å². The average Bonchev–Trinajstić information content (AvgIpc) is 3.09. The van der Waals surface area contributed by atoms with Crippen LogP contribution in [0.5, 0.6) is 0 Å². The first kappa shape index (κ1) is 26.4. The Hall–Kier alpha value is -3.24. The fourth-order valence-electron chi connectivity index (χ4n) is 5.90. The van der Waals surface area contributed by atoms with E-state index in [1.54, 1.807) is 0 Å². The summed E-state index contributed by atoms with van der Waals surface area (Å²) in [6.45, 7) is 6.44. The van der Waals surface area contributed by atoms with Crippen molar-refractivity contribution in [1.82, 2.24) is 4.98 Å². The van der Waals surface area contributed by atoms with Crippen LogP contribution in [0.1, 0.15) is 90.5 Å². The summed E-state index contributed by atoms with van der Waals surface area (Å²) < 4.78 is 5.57. The highest BCUT2D eigenvalue weighted by Gasteiger charge is 2.34. The minimum absolute atomic E-state index is 0.238. The Labute approximate surface area is 228 Å². The lowest BCUT2D eigenvalue weighted by Gasteiger charge is -2.36. The van der Waals surface area contributed by atoms with Crippen LogP contribution in [0.4, 0.5) is 5.00 Å². The topological polar surface area (TPSA) is 92.1 Å². The molecule has 1 amide bonds. The Bertz CT molecular complexity index is 1430. The van der Waals surface area contributed by atoms with Gasteiger partial charge in [-0.3, -0.25) is 9.78 Å². The number of hydrogen-bond donors (Lipinski definition) is 1. The van der Waals surface area contributed by atoms with Gasteiger partial charge in [-0.15, -0.1) is 11.3 Å². The molecule has 1 atom stereocenters. The molecule has 0 bridgehead atoms. The van der Waals surface area contributed by atoms with Crippen LogP contribution in [0.15, 0.2) is 24.3 Å². The highest BCUT2D eigenvalue weighted by molar-refractivity contribution is 7.16. The molecule has 0 spiro atoms. The summed E-state index contributed by atoms with van der Waals surface area (Å²) in [5.74, 6) is -0.365. The summed E-state index contributed by atoms with van der Waals surface area (Å²) in [5, 5.41) is 14.1. The number of carbonyl (C=O) groups excluding carboxylic acids is 2. The Morgan fingerprint density at radius 3 is 2.74 bits per heavy atom. The van der Waals surface area contributed by atoms with Crippen molar-refractivity contribution >= 4 is 39.1 Å². The summed E-state index contributed by atoms with van der Waals surface area (Å²) in [6.07, 6.45) is 8.73. The van der Waals surface area contributed by atoms with Crippen LogP contribution in [-0.2, 0) is 35.2 Å². The lowest BCUT2D eigenvalue weighted by molar-refractivity contribution is -0.119. The molecule has 6 nitrogen and oxygen atoms in total. The maximum atomic E-state index is 13.4. The second-order valence-electron chi connectivity index (χ2n) is 11.2. The van der Waals surface area contributed by atoms with Crippen molar-refractivity contribution in [2.45, 2.75) is 78.6 Å². The van der Waals surface area contributed by atoms with Gasteiger partial charge in [-0.05, 0) is 73.5 Å². The minimum Gasteiger partial charge on any atom is -0.452 e. The van der Waals surface area contributed by atoms with Gasteiger partial charge in [-0.25, -0.2) is 4.79 Å². The molecule has 2 aromatic heterocycles. The molecule has 0 saturated carbocycles. The molecule has 0 saturated heterocycles. The summed E-state index contributed by atoms with van der Waals surface area (Å²) in [5.41, 5.74) is 5.09. The molecule has 3 aromatic rings. The second-order valence-corrected chi connectivity index (χ2v) is 12.3. The zero-order valence-electron chi connectivity index (χ0n) is 22.5. The molecule has 2 heterocycles. The zero-order chi connectivity index (χ0) is 26.9. The Kier molecular flexibility index (Phi) is 7.54. The fraction of sp³-hybridized carbons (Fsp3) is 0.484. The molecule has 2 aliphatic rings. The van der Waals surface area contributed by atoms with Gasteiger partial charge in [0.1, 0.15) is 11.1 Å². The van der Waals surface area contributed by atoms with E-state index in [0.29, 0.717) is 22.0 Å². The zero-order valence-corrected chi connectivity index (χ0v) is 23.3. The number of para-hydroxylation sites is 1. The standard InChI is InChI=1S/C31H35N3O3S/c1-4-31(2,3)19-14-15-20-23(17-32)29(38-26(20)16-19)34-27(35)18-37-30(36)28-21-10-6-5-7-12-24(21)33-25-13-9-8-11-22(25)28/h8-9,11,13,19H,4-7,10,12,14-16,18H2,1-3H3,(H,34,35). The maximum absolute atomic E-state index is 13.4. The second kappa shape index (κ2) is 10.9. The van der Waals surface area contributed by atoms with Crippen molar-refractivity contribution in [3.63, 3.8) is 0 Å². The van der Waals surface area contributed by atoms with Gasteiger partial charge in [0, 0.05) is 16.0 Å². The number of nitriles is 1. The Morgan fingerprint density at radius 1 is 1.16 bits per heavy atom. The van der Waals surface area contributed by atoms with Crippen LogP contribution in [0.3, 0.4) is 0 Å². The molecule has 7 heteroatoms. The molecular weight excluding hydrogens is 494 g/mol. The van der Waals surface area contributed by atoms with E-state index in [0.717, 1.165) is 85.5 Å². The van der Waals surface area contributed by atoms with Crippen molar-refractivity contribution in [3.05, 3.63) is 57.1 Å². The summed E-state index contributed by atoms with van der Waals surface area (Å²) in [6, 6.07) is 9.93. The normalized spacial score (nSPS) is 17.2. The van der Waals surface area contributed by atoms with E-state index in [1.807, 2.05) is 24.3 Å². The first-order valence-electron chi connectivity index (χ1n) is 13.7. The van der Waals surface area contributed by atoms with Crippen LogP contribution in [0.25, 0.3) is 10.9 Å². The molecular formula is C31H35N3O3S. The van der Waals surface area contributed by atoms with Gasteiger partial charge >= 0.3 is 5.97 Å². The number of anilines is 1. The molecule has 0 aliphatic heterocycles. The quantitative estimate of drug-likeness (QED) is 0.281. The van der Waals surface area contributed by atoms with Gasteiger partial charge in [0.05, 0.1) is 16.6 Å². The van der Waals surface area contributed by atoms with Crippen molar-refractivity contribution in [1.29, 1.82) is 5.26 Å². The van der Waals surface area contributed by atoms with Gasteiger partial charge in [0.25, 0.3) is 5.91 Å². The number of ether oxygens (including phenoxy) is 1. The van der Waals surface area contributed by atoms with E-state index < -0.39 is 18.5 Å². The number of esters is 1. The van der Waals surface area contributed by atoms with E-state index in [4.69, 9.17) is 9.72 Å². The third-order valence-electron chi connectivity index (χ3n) is 8.60. The number of hydrogen-bond acceptors (Lipinski definition) is 6. The molecule has 5 rings (SSSR count). The van der Waals surface area contributed by atoms with Crippen molar-refractivity contribution in [2.75, 3.05) is 11.9 Å². The highest BCUT2D eigenvalue weighted by atomic mass is 32.1. The molecule has 198 valence electrons. The first-order chi connectivity index (χ1) is 18.3. The Morgan fingerprint density at radius 2 is 1.95 bits per heavy atom. The van der Waals surface area contributed by atoms with Crippen molar-refractivity contribution < 1.29 is 14.3 Å². The fourth-order valence-corrected chi connectivity index (χ4v) is 7.19. The minimum atomic E-state index is -0.493. The van der Waals surface area contributed by atoms with Gasteiger partial charge in [-0.1, -0.05) is 51.8 Å². The molecule has 1 aromatic carbocycles. The predicted molar refractivity (Wildman–Crippen MR) is 151 cm³/mol. The smallest absolute Gasteiger partial charge is 0.339 e. The number of amides is 1. The number of aromatic nitrogens is 1. The summed E-state index contributed by atoms with van der Waals surface area (Å²) in [4.78, 5) is 32.3. The van der Waals surface area contributed by atoms with Crippen LogP contribution >= 0.6 is 11.3 Å². The molecule has 38 heavy (non-hydrogen) atoms. The number of fused-ring (bicyclic) bond motifs is 3. The van der Waals surface area contributed by atoms with Crippen molar-refractivity contribution in [3.8, 4) is 6.07 Å². The summed E-state index contributed by atoms with van der Waals surface area (Å²) >= 11 is 1.50. The van der Waals surface area contributed by atoms with E-state index in [-0.39, 0.29) is 5.41 Å². The number of nitrogens with zero attached hydrogens (tertiary/aromatic N) is 2. The van der Waals surface area contributed by atoms with Crippen LogP contribution in [0, 0.1) is 22.7 Å². The van der Waals surface area contributed by atoms with Gasteiger partial charge in [0.2, 0.25) is 0 Å². The summed E-state index contributed by atoms with van der Waals surface area (Å²) in [7, 11) is 0. The van der Waals surface area contributed by atoms with E-state index in [2.05, 4.69) is 32.2 Å². The van der Waals surface area contributed by atoms with Crippen LogP contribution < -0.4 is 5.32 Å². The van der Waals surface area contributed by atoms with E-state index in [9.17, 15) is 14.9 Å². The monoisotopic (exact) mass is 529 g/mol. The number of benzene rings is 1. The number of rotatable bonds is 6. The molecule has 2 aliphatic carbocycles. The number of thiophene rings is 1. The number of aryl methyl sites for hydroxylation is 1. The number of pyridine rings is 1. The highest BCUT2D eigenvalue weighted by Crippen LogP contribution is 2.45. The molecule has 0 radical (unpaired) electrons. The first-order valence-corrected chi connectivity index (χ1v) is 14.6. The average molecular weight is 530 g/mol. The van der Waals surface area contributed by atoms with E-state index in [1.165, 1.54) is 16.2 Å².